The van der Waals surface area contributed by atoms with Gasteiger partial charge in [-0.2, -0.15) is 0 Å². The molecule has 0 heterocycles. The molecule has 0 bridgehead atoms. The first-order valence-corrected chi connectivity index (χ1v) is 4.42. The Morgan fingerprint density at radius 2 is 1.29 bits per heavy atom. The fourth-order valence-corrected chi connectivity index (χ4v) is 0. The normalized spacial score (nSPS) is 4.43. The zero-order chi connectivity index (χ0) is 5.58. The van der Waals surface area contributed by atoms with E-state index in [2.05, 4.69) is 0 Å². The van der Waals surface area contributed by atoms with Crippen LogP contribution in [0.1, 0.15) is 1.43 Å². The Kier molecular flexibility index (Phi) is 35.2. The third-order valence-electron chi connectivity index (χ3n) is 0. The van der Waals surface area contributed by atoms with Crippen molar-refractivity contribution in [2.75, 3.05) is 0 Å². The monoisotopic (exact) mass is 291 g/mol. The van der Waals surface area contributed by atoms with Crippen LogP contribution in [-0.2, 0) is 24.4 Å². The van der Waals surface area contributed by atoms with Gasteiger partial charge in [-0.3, -0.25) is 10.5 Å². The third kappa shape index (κ3) is 140. The van der Waals surface area contributed by atoms with Gasteiger partial charge in [-0.25, -0.2) is 0 Å². The summed E-state index contributed by atoms with van der Waals surface area (Å²) in [6, 6.07) is 0. The van der Waals surface area contributed by atoms with Crippen molar-refractivity contribution in [2.24, 2.45) is 0 Å². The summed E-state index contributed by atoms with van der Waals surface area (Å²) in [4.78, 5) is 0. The molecule has 0 rings (SSSR count). The van der Waals surface area contributed by atoms with E-state index in [-0.39, 0.29) is 31.0 Å². The Hall–Kier alpha value is 1.17. The summed E-state index contributed by atoms with van der Waals surface area (Å²) in [7, 11) is 0. The van der Waals surface area contributed by atoms with Crippen molar-refractivity contribution in [1.29, 1.82) is 0 Å². The average Bonchev–Trinajstić information content (AvgIpc) is 1.41. The molecule has 0 aliphatic carbocycles. The molecule has 5 nitrogen and oxygen atoms in total. The molecule has 0 atom stereocenters. The van der Waals surface area contributed by atoms with Crippen LogP contribution in [0.25, 0.3) is 0 Å². The van der Waals surface area contributed by atoms with Crippen molar-refractivity contribution in [3.05, 3.63) is 0 Å². The maximum absolute atomic E-state index is 8.72. The number of hydrogen-bond acceptors (Lipinski definition) is 4. The minimum absolute atomic E-state index is 0. The Labute approximate surface area is 69.3 Å². The molecular weight excluding hydrogens is 287 g/mol. The molecule has 0 aromatic heterocycles. The van der Waals surface area contributed by atoms with E-state index in [4.69, 9.17) is 21.1 Å². The summed E-state index contributed by atoms with van der Waals surface area (Å²) in [6.45, 7) is 0. The molecule has 0 saturated carbocycles. The van der Waals surface area contributed by atoms with Crippen molar-refractivity contribution in [3.63, 3.8) is 0 Å². The molecule has 0 spiro atoms. The van der Waals surface area contributed by atoms with Crippen LogP contribution in [0.5, 0.6) is 0 Å². The second kappa shape index (κ2) is 15.7. The molecule has 0 aromatic rings. The molecule has 41 valence electrons. The molecule has 0 aromatic carbocycles. The van der Waals surface area contributed by atoms with E-state index in [1.165, 1.54) is 0 Å². The Morgan fingerprint density at radius 3 is 1.29 bits per heavy atom. The van der Waals surface area contributed by atoms with Gasteiger partial charge in [0.15, 0.2) is 0 Å². The first-order valence-electron chi connectivity index (χ1n) is 0.716. The summed E-state index contributed by atoms with van der Waals surface area (Å²) in [5, 5.41) is 12.0. The van der Waals surface area contributed by atoms with Crippen molar-refractivity contribution in [1.82, 2.24) is 0 Å². The molecule has 0 amide bonds. The Morgan fingerprint density at radius 1 is 1.29 bits per heavy atom. The fraction of sp³-hybridized carbons (Fsp3) is 0. The third-order valence-corrected chi connectivity index (χ3v) is 0. The average molecular weight is 291 g/mol. The van der Waals surface area contributed by atoms with Crippen molar-refractivity contribution >= 4 is 0 Å². The van der Waals surface area contributed by atoms with Crippen LogP contribution in [0, 0.1) is 0 Å². The molecule has 0 unspecified atom stereocenters. The van der Waals surface area contributed by atoms with Crippen LogP contribution in [0.2, 0.25) is 0 Å². The van der Waals surface area contributed by atoms with Crippen molar-refractivity contribution in [3.8, 4) is 0 Å². The summed E-state index contributed by atoms with van der Waals surface area (Å²) >= 11 is -4.03. The van der Waals surface area contributed by atoms with E-state index in [0.717, 1.165) is 0 Å². The van der Waals surface area contributed by atoms with Crippen molar-refractivity contribution < 1.29 is 69.7 Å². The van der Waals surface area contributed by atoms with Crippen molar-refractivity contribution in [2.45, 2.75) is 0 Å². The van der Waals surface area contributed by atoms with Gasteiger partial charge in [0, 0.05) is 0 Å². The summed E-state index contributed by atoms with van der Waals surface area (Å²) in [6.07, 6.45) is 0. The van der Waals surface area contributed by atoms with Crippen LogP contribution >= 0.6 is 0 Å². The summed E-state index contributed by atoms with van der Waals surface area (Å²) < 4.78 is 24.6. The quantitative estimate of drug-likeness (QED) is 0.243. The SMILES string of the molecule is OO.[H-].[Na+].[O]=[W](=[O])[OH]. The van der Waals surface area contributed by atoms with E-state index in [9.17, 15) is 0 Å². The van der Waals surface area contributed by atoms with Crippen LogP contribution in [0.15, 0.2) is 0 Å². The molecule has 0 fully saturated rings. The Bertz CT molecular complexity index is 60.8. The second-order valence-corrected chi connectivity index (χ2v) is 1.78. The fourth-order valence-electron chi connectivity index (χ4n) is 0. The van der Waals surface area contributed by atoms with Crippen LogP contribution < -0.4 is 29.6 Å². The van der Waals surface area contributed by atoms with Gasteiger partial charge in [-0.05, 0) is 0 Å². The maximum atomic E-state index is 8.72. The van der Waals surface area contributed by atoms with Gasteiger partial charge in [0.2, 0.25) is 0 Å². The van der Waals surface area contributed by atoms with E-state index < -0.39 is 17.6 Å². The van der Waals surface area contributed by atoms with E-state index >= 15 is 0 Å². The first-order chi connectivity index (χ1) is 2.73. The molecule has 3 N–H and O–H groups in total. The summed E-state index contributed by atoms with van der Waals surface area (Å²) in [5.74, 6) is 0. The van der Waals surface area contributed by atoms with Gasteiger partial charge in [0.1, 0.15) is 0 Å². The molecular formula is H4NaO5W. The van der Waals surface area contributed by atoms with Crippen LogP contribution in [0.4, 0.5) is 0 Å². The van der Waals surface area contributed by atoms with Gasteiger partial charge >= 0.3 is 57.7 Å². The topological polar surface area (TPSA) is 94.8 Å². The predicted molar refractivity (Wildman–Crippen MR) is 9.96 cm³/mol. The number of rotatable bonds is 0. The zero-order valence-corrected chi connectivity index (χ0v) is 8.50. The van der Waals surface area contributed by atoms with Gasteiger partial charge in [-0.1, -0.05) is 0 Å². The minimum atomic E-state index is -4.03. The molecule has 7 heteroatoms. The molecule has 0 saturated heterocycles. The van der Waals surface area contributed by atoms with Gasteiger partial charge in [-0.15, -0.1) is 0 Å². The molecule has 0 aliphatic heterocycles. The van der Waals surface area contributed by atoms with E-state index in [1.807, 2.05) is 0 Å². The standard InChI is InChI=1S/Na.H2O2.H2O.2O.W.H/c;1-2;;;;;/h;1-2H;1H2;;;;/q+1;;;;;+1;-1/p-1. The van der Waals surface area contributed by atoms with Crippen LogP contribution in [-0.4, -0.2) is 14.3 Å². The molecule has 7 heavy (non-hydrogen) atoms. The Balaban J connectivity index is -0.0000000183. The van der Waals surface area contributed by atoms with E-state index in [1.54, 1.807) is 0 Å². The van der Waals surface area contributed by atoms with Gasteiger partial charge in [0.25, 0.3) is 0 Å². The van der Waals surface area contributed by atoms with Gasteiger partial charge in [0.05, 0.1) is 0 Å². The van der Waals surface area contributed by atoms with E-state index in [0.29, 0.717) is 0 Å². The molecule has 0 aliphatic rings. The predicted octanol–water partition coefficient (Wildman–Crippen LogP) is -3.66. The van der Waals surface area contributed by atoms with Gasteiger partial charge < -0.3 is 1.43 Å². The second-order valence-electron chi connectivity index (χ2n) is 0.217. The first kappa shape index (κ1) is 15.7. The zero-order valence-electron chi connectivity index (χ0n) is 4.57. The number of hydrogen-bond donors (Lipinski definition) is 3. The summed E-state index contributed by atoms with van der Waals surface area (Å²) in [5.41, 5.74) is 0. The molecule has 0 radical (unpaired) electrons. The van der Waals surface area contributed by atoms with Crippen LogP contribution in [0.3, 0.4) is 0 Å².